The van der Waals surface area contributed by atoms with Gasteiger partial charge in [-0.25, -0.2) is 4.98 Å². The van der Waals surface area contributed by atoms with Gasteiger partial charge in [-0.2, -0.15) is 0 Å². The molecule has 0 unspecified atom stereocenters. The summed E-state index contributed by atoms with van der Waals surface area (Å²) in [5, 5.41) is 1.08. The van der Waals surface area contributed by atoms with Crippen LogP contribution in [0.5, 0.6) is 0 Å². The van der Waals surface area contributed by atoms with Gasteiger partial charge in [-0.05, 0) is 62.8 Å². The Morgan fingerprint density at radius 3 is 2.78 bits per heavy atom. The van der Waals surface area contributed by atoms with Crippen LogP contribution in [0.3, 0.4) is 0 Å². The lowest BCUT2D eigenvalue weighted by Crippen LogP contribution is -2.22. The molecular formula is C21H22N2O2S2. The monoisotopic (exact) mass is 398 g/mol. The Morgan fingerprint density at radius 2 is 2.04 bits per heavy atom. The summed E-state index contributed by atoms with van der Waals surface area (Å²) in [6.45, 7) is 5.93. The quantitative estimate of drug-likeness (QED) is 0.370. The molecule has 4 rings (SSSR count). The zero-order valence-corrected chi connectivity index (χ0v) is 17.6. The third kappa shape index (κ3) is 3.15. The highest BCUT2D eigenvalue weighted by molar-refractivity contribution is 8.00. The Morgan fingerprint density at radius 1 is 1.26 bits per heavy atom. The molecule has 27 heavy (non-hydrogen) atoms. The first-order chi connectivity index (χ1) is 12.9. The standard InChI is InChI=1S/C21H22N2O2S2/c1-11-8-9-14(10-12(11)2)18(24)13(3)26-21-22-19-17(20(25)23(21)4)15-6-5-7-16(15)27-19/h8-10,13H,5-7H2,1-4H3/t13-/m1/s1. The lowest BCUT2D eigenvalue weighted by molar-refractivity contribution is 0.0993. The molecule has 4 nitrogen and oxygen atoms in total. The van der Waals surface area contributed by atoms with Crippen LogP contribution in [0.15, 0.2) is 28.2 Å². The number of thiophene rings is 1. The molecule has 2 aromatic heterocycles. The van der Waals surface area contributed by atoms with E-state index < -0.39 is 0 Å². The number of Topliss-reactive ketones (excluding diaryl/α,β-unsaturated/α-hetero) is 1. The van der Waals surface area contributed by atoms with Gasteiger partial charge < -0.3 is 0 Å². The van der Waals surface area contributed by atoms with E-state index in [1.807, 2.05) is 39.0 Å². The van der Waals surface area contributed by atoms with Crippen molar-refractivity contribution in [3.05, 3.63) is 55.7 Å². The molecule has 1 aliphatic carbocycles. The molecule has 0 spiro atoms. The maximum Gasteiger partial charge on any atom is 0.262 e. The number of thioether (sulfide) groups is 1. The Hall–Kier alpha value is -1.92. The maximum atomic E-state index is 12.9. The summed E-state index contributed by atoms with van der Waals surface area (Å²) in [7, 11) is 1.75. The predicted octanol–water partition coefficient (Wildman–Crippen LogP) is 4.46. The van der Waals surface area contributed by atoms with Crippen molar-refractivity contribution < 1.29 is 4.79 Å². The smallest absolute Gasteiger partial charge is 0.262 e. The Bertz CT molecular complexity index is 1130. The lowest BCUT2D eigenvalue weighted by Gasteiger charge is -2.13. The number of ketones is 1. The van der Waals surface area contributed by atoms with E-state index >= 15 is 0 Å². The van der Waals surface area contributed by atoms with Crippen LogP contribution in [-0.4, -0.2) is 20.6 Å². The van der Waals surface area contributed by atoms with Gasteiger partial charge in [0.05, 0.1) is 10.6 Å². The molecule has 0 amide bonds. The fourth-order valence-corrected chi connectivity index (χ4v) is 5.81. The molecule has 1 atom stereocenters. The highest BCUT2D eigenvalue weighted by Crippen LogP contribution is 2.36. The Labute approximate surface area is 166 Å². The van der Waals surface area contributed by atoms with Gasteiger partial charge in [0, 0.05) is 17.5 Å². The molecule has 3 aromatic rings. The normalized spacial score (nSPS) is 14.5. The van der Waals surface area contributed by atoms with Gasteiger partial charge in [-0.3, -0.25) is 14.2 Å². The van der Waals surface area contributed by atoms with Crippen LogP contribution in [-0.2, 0) is 19.9 Å². The third-order valence-electron chi connectivity index (χ3n) is 5.35. The largest absolute Gasteiger partial charge is 0.293 e. The van der Waals surface area contributed by atoms with Gasteiger partial charge in [-0.15, -0.1) is 11.3 Å². The summed E-state index contributed by atoms with van der Waals surface area (Å²) in [6, 6.07) is 5.79. The van der Waals surface area contributed by atoms with E-state index in [0.717, 1.165) is 35.0 Å². The van der Waals surface area contributed by atoms with Crippen LogP contribution in [0, 0.1) is 13.8 Å². The number of carbonyl (C=O) groups excluding carboxylic acids is 1. The van der Waals surface area contributed by atoms with Crippen molar-refractivity contribution >= 4 is 39.1 Å². The average molecular weight is 399 g/mol. The van der Waals surface area contributed by atoms with Gasteiger partial charge in [-0.1, -0.05) is 23.9 Å². The van der Waals surface area contributed by atoms with Crippen molar-refractivity contribution in [1.82, 2.24) is 9.55 Å². The number of aryl methyl sites for hydroxylation is 4. The number of hydrogen-bond donors (Lipinski definition) is 0. The second-order valence-electron chi connectivity index (χ2n) is 7.22. The van der Waals surface area contributed by atoms with Crippen LogP contribution in [0.4, 0.5) is 0 Å². The van der Waals surface area contributed by atoms with Crippen molar-refractivity contribution in [2.24, 2.45) is 7.05 Å². The first kappa shape index (κ1) is 18.4. The van der Waals surface area contributed by atoms with Gasteiger partial charge in [0.1, 0.15) is 4.83 Å². The number of fused-ring (bicyclic) bond motifs is 3. The van der Waals surface area contributed by atoms with Crippen molar-refractivity contribution in [2.45, 2.75) is 50.4 Å². The number of hydrogen-bond acceptors (Lipinski definition) is 5. The molecule has 0 bridgehead atoms. The van der Waals surface area contributed by atoms with E-state index in [-0.39, 0.29) is 16.6 Å². The van der Waals surface area contributed by atoms with Crippen molar-refractivity contribution in [3.8, 4) is 0 Å². The molecule has 0 aliphatic heterocycles. The molecule has 2 heterocycles. The molecule has 6 heteroatoms. The zero-order valence-electron chi connectivity index (χ0n) is 16.0. The number of rotatable bonds is 4. The summed E-state index contributed by atoms with van der Waals surface area (Å²) in [5.74, 6) is 0.0612. The molecule has 0 saturated heterocycles. The highest BCUT2D eigenvalue weighted by atomic mass is 32.2. The summed E-state index contributed by atoms with van der Waals surface area (Å²) in [5.41, 5.74) is 4.19. The molecular weight excluding hydrogens is 376 g/mol. The number of benzene rings is 1. The zero-order chi connectivity index (χ0) is 19.3. The minimum atomic E-state index is -0.311. The van der Waals surface area contributed by atoms with Crippen LogP contribution in [0.2, 0.25) is 0 Å². The van der Waals surface area contributed by atoms with E-state index in [0.29, 0.717) is 10.7 Å². The minimum absolute atomic E-state index is 0.00716. The Balaban J connectivity index is 1.66. The second-order valence-corrected chi connectivity index (χ2v) is 9.61. The van der Waals surface area contributed by atoms with Crippen LogP contribution >= 0.6 is 23.1 Å². The third-order valence-corrected chi connectivity index (χ3v) is 7.68. The maximum absolute atomic E-state index is 12.9. The first-order valence-electron chi connectivity index (χ1n) is 9.16. The Kier molecular flexibility index (Phi) is 4.72. The molecule has 140 valence electrons. The van der Waals surface area contributed by atoms with E-state index in [2.05, 4.69) is 0 Å². The predicted molar refractivity (Wildman–Crippen MR) is 112 cm³/mol. The second kappa shape index (κ2) is 6.91. The molecule has 1 aliphatic rings. The average Bonchev–Trinajstić information content (AvgIpc) is 3.21. The topological polar surface area (TPSA) is 52.0 Å². The summed E-state index contributed by atoms with van der Waals surface area (Å²) >= 11 is 3.00. The van der Waals surface area contributed by atoms with Crippen molar-refractivity contribution in [2.75, 3.05) is 0 Å². The molecule has 0 radical (unpaired) electrons. The lowest BCUT2D eigenvalue weighted by atomic mass is 10.0. The van der Waals surface area contributed by atoms with Crippen molar-refractivity contribution in [3.63, 3.8) is 0 Å². The van der Waals surface area contributed by atoms with Gasteiger partial charge in [0.2, 0.25) is 0 Å². The molecule has 1 aromatic carbocycles. The minimum Gasteiger partial charge on any atom is -0.293 e. The first-order valence-corrected chi connectivity index (χ1v) is 10.9. The molecule has 0 fully saturated rings. The highest BCUT2D eigenvalue weighted by Gasteiger charge is 2.24. The number of carbonyl (C=O) groups is 1. The SMILES string of the molecule is Cc1ccc(C(=O)[C@@H](C)Sc2nc3sc4c(c3c(=O)n2C)CCC4)cc1C. The van der Waals surface area contributed by atoms with Crippen molar-refractivity contribution in [1.29, 1.82) is 0 Å². The summed E-state index contributed by atoms with van der Waals surface area (Å²) in [4.78, 5) is 32.6. The fourth-order valence-electron chi connectivity index (χ4n) is 3.55. The van der Waals surface area contributed by atoms with Gasteiger partial charge in [0.25, 0.3) is 5.56 Å². The number of nitrogens with zero attached hydrogens (tertiary/aromatic N) is 2. The van der Waals surface area contributed by atoms with Gasteiger partial charge >= 0.3 is 0 Å². The fraction of sp³-hybridized carbons (Fsp3) is 0.381. The molecule has 0 saturated carbocycles. The van der Waals surface area contributed by atoms with Crippen LogP contribution < -0.4 is 5.56 Å². The summed E-state index contributed by atoms with van der Waals surface area (Å²) < 4.78 is 1.60. The van der Waals surface area contributed by atoms with E-state index in [1.165, 1.54) is 27.8 Å². The van der Waals surface area contributed by atoms with Crippen LogP contribution in [0.1, 0.15) is 45.3 Å². The van der Waals surface area contributed by atoms with E-state index in [9.17, 15) is 9.59 Å². The van der Waals surface area contributed by atoms with Gasteiger partial charge in [0.15, 0.2) is 10.9 Å². The molecule has 0 N–H and O–H groups in total. The van der Waals surface area contributed by atoms with E-state index in [1.54, 1.807) is 23.0 Å². The van der Waals surface area contributed by atoms with E-state index in [4.69, 9.17) is 4.98 Å². The van der Waals surface area contributed by atoms with Crippen LogP contribution in [0.25, 0.3) is 10.2 Å². The number of aromatic nitrogens is 2. The summed E-state index contributed by atoms with van der Waals surface area (Å²) in [6.07, 6.45) is 3.14.